The van der Waals surface area contributed by atoms with E-state index in [4.69, 9.17) is 9.15 Å². The van der Waals surface area contributed by atoms with Gasteiger partial charge in [0.05, 0.1) is 19.1 Å². The van der Waals surface area contributed by atoms with Crippen LogP contribution < -0.4 is 14.4 Å². The number of anilines is 2. The number of carbonyl (C=O) groups is 1. The average Bonchev–Trinajstić information content (AvgIpc) is 3.11. The van der Waals surface area contributed by atoms with Crippen molar-refractivity contribution in [1.82, 2.24) is 0 Å². The summed E-state index contributed by atoms with van der Waals surface area (Å²) in [5, 5.41) is 4.73. The number of nitrogens with zero attached hydrogens (tertiary/aromatic N) is 1. The number of carbonyl (C=O) groups excluding carboxylic acids is 1. The van der Waals surface area contributed by atoms with Crippen LogP contribution in [0.4, 0.5) is 11.4 Å². The third-order valence-corrected chi connectivity index (χ3v) is 6.30. The number of para-hydroxylation sites is 1. The van der Waals surface area contributed by atoms with Crippen molar-refractivity contribution in [2.24, 2.45) is 0 Å². The van der Waals surface area contributed by atoms with Gasteiger partial charge in [-0.05, 0) is 49.4 Å². The lowest BCUT2D eigenvalue weighted by Gasteiger charge is -2.28. The SMILES string of the molecule is COc1ccc(N([C@@H](C)C(=O)Nc2ccc3c(c2)oc2ccccc23)S(C)(=O)=O)cc1. The van der Waals surface area contributed by atoms with E-state index in [1.807, 2.05) is 30.3 Å². The van der Waals surface area contributed by atoms with E-state index >= 15 is 0 Å². The maximum Gasteiger partial charge on any atom is 0.247 e. The molecule has 1 amide bonds. The van der Waals surface area contributed by atoms with Gasteiger partial charge in [0.15, 0.2) is 0 Å². The first kappa shape index (κ1) is 20.7. The molecule has 0 spiro atoms. The number of rotatable bonds is 6. The Morgan fingerprint density at radius 3 is 2.35 bits per heavy atom. The van der Waals surface area contributed by atoms with Crippen molar-refractivity contribution in [2.75, 3.05) is 23.0 Å². The first-order valence-corrected chi connectivity index (χ1v) is 11.5. The molecule has 0 bridgehead atoms. The minimum atomic E-state index is -3.71. The van der Waals surface area contributed by atoms with Gasteiger partial charge in [-0.15, -0.1) is 0 Å². The normalized spacial score (nSPS) is 12.6. The summed E-state index contributed by atoms with van der Waals surface area (Å²) < 4.78 is 37.0. The van der Waals surface area contributed by atoms with Crippen molar-refractivity contribution < 1.29 is 22.4 Å². The lowest BCUT2D eigenvalue weighted by Crippen LogP contribution is -2.45. The minimum absolute atomic E-state index is 0.374. The van der Waals surface area contributed by atoms with Gasteiger partial charge in [-0.3, -0.25) is 9.10 Å². The van der Waals surface area contributed by atoms with Crippen molar-refractivity contribution in [3.63, 3.8) is 0 Å². The summed E-state index contributed by atoms with van der Waals surface area (Å²) in [6.07, 6.45) is 1.07. The van der Waals surface area contributed by atoms with Crippen molar-refractivity contribution >= 4 is 49.2 Å². The highest BCUT2D eigenvalue weighted by atomic mass is 32.2. The molecular weight excluding hydrogens is 416 g/mol. The number of sulfonamides is 1. The van der Waals surface area contributed by atoms with Crippen LogP contribution in [0, 0.1) is 0 Å². The summed E-state index contributed by atoms with van der Waals surface area (Å²) in [7, 11) is -2.19. The molecule has 0 saturated carbocycles. The van der Waals surface area contributed by atoms with Crippen LogP contribution >= 0.6 is 0 Å². The quantitative estimate of drug-likeness (QED) is 0.482. The summed E-state index contributed by atoms with van der Waals surface area (Å²) in [6, 6.07) is 18.6. The number of methoxy groups -OCH3 is 1. The van der Waals surface area contributed by atoms with Gasteiger partial charge in [0.25, 0.3) is 0 Å². The maximum absolute atomic E-state index is 12.9. The molecule has 31 heavy (non-hydrogen) atoms. The molecule has 1 N–H and O–H groups in total. The Morgan fingerprint density at radius 2 is 1.68 bits per heavy atom. The smallest absolute Gasteiger partial charge is 0.247 e. The van der Waals surface area contributed by atoms with Crippen molar-refractivity contribution in [1.29, 1.82) is 0 Å². The molecule has 8 heteroatoms. The molecule has 3 aromatic carbocycles. The summed E-state index contributed by atoms with van der Waals surface area (Å²) in [4.78, 5) is 12.9. The Hall–Kier alpha value is -3.52. The van der Waals surface area contributed by atoms with E-state index in [-0.39, 0.29) is 0 Å². The molecule has 4 rings (SSSR count). The second kappa shape index (κ2) is 7.96. The molecule has 1 atom stereocenters. The van der Waals surface area contributed by atoms with Crippen molar-refractivity contribution in [2.45, 2.75) is 13.0 Å². The Kier molecular flexibility index (Phi) is 5.32. The number of ether oxygens (including phenoxy) is 1. The van der Waals surface area contributed by atoms with E-state index < -0.39 is 22.0 Å². The Labute approximate surface area is 180 Å². The van der Waals surface area contributed by atoms with Crippen LogP contribution in [-0.4, -0.2) is 33.7 Å². The fourth-order valence-electron chi connectivity index (χ4n) is 3.59. The molecular formula is C23H22N2O5S. The van der Waals surface area contributed by atoms with Crippen LogP contribution in [0.1, 0.15) is 6.92 Å². The lowest BCUT2D eigenvalue weighted by atomic mass is 10.1. The number of nitrogens with one attached hydrogen (secondary N) is 1. The molecule has 0 unspecified atom stereocenters. The fraction of sp³-hybridized carbons (Fsp3) is 0.174. The highest BCUT2D eigenvalue weighted by Gasteiger charge is 2.29. The average molecular weight is 439 g/mol. The van der Waals surface area contributed by atoms with Crippen LogP contribution in [0.5, 0.6) is 5.75 Å². The number of benzene rings is 3. The molecule has 0 aliphatic rings. The summed E-state index contributed by atoms with van der Waals surface area (Å²) in [5.41, 5.74) is 2.30. The standard InChI is InChI=1S/C23H22N2O5S/c1-15(25(31(3,27)28)17-9-11-18(29-2)12-10-17)23(26)24-16-8-13-20-19-6-4-5-7-21(19)30-22(20)14-16/h4-15H,1-3H3,(H,24,26)/t15-/m0/s1. The fourth-order valence-corrected chi connectivity index (χ4v) is 4.76. The second-order valence-electron chi connectivity index (χ2n) is 7.23. The van der Waals surface area contributed by atoms with Crippen LogP contribution in [-0.2, 0) is 14.8 Å². The van der Waals surface area contributed by atoms with Gasteiger partial charge in [-0.1, -0.05) is 18.2 Å². The summed E-state index contributed by atoms with van der Waals surface area (Å²) >= 11 is 0. The number of fused-ring (bicyclic) bond motifs is 3. The predicted octanol–water partition coefficient (Wildman–Crippen LogP) is 4.39. The first-order valence-electron chi connectivity index (χ1n) is 9.63. The first-order chi connectivity index (χ1) is 14.8. The third kappa shape index (κ3) is 4.06. The monoisotopic (exact) mass is 438 g/mol. The van der Waals surface area contributed by atoms with E-state index in [1.165, 1.54) is 7.11 Å². The molecule has 0 saturated heterocycles. The van der Waals surface area contributed by atoms with E-state index in [0.29, 0.717) is 22.7 Å². The molecule has 0 aliphatic heterocycles. The Balaban J connectivity index is 1.61. The zero-order chi connectivity index (χ0) is 22.2. The highest BCUT2D eigenvalue weighted by Crippen LogP contribution is 2.30. The zero-order valence-electron chi connectivity index (χ0n) is 17.3. The van der Waals surface area contributed by atoms with E-state index in [9.17, 15) is 13.2 Å². The van der Waals surface area contributed by atoms with Crippen LogP contribution in [0.15, 0.2) is 71.1 Å². The third-order valence-electron chi connectivity index (χ3n) is 5.06. The molecule has 4 aromatic rings. The highest BCUT2D eigenvalue weighted by molar-refractivity contribution is 7.92. The summed E-state index contributed by atoms with van der Waals surface area (Å²) in [6.45, 7) is 1.54. The molecule has 1 heterocycles. The van der Waals surface area contributed by atoms with Gasteiger partial charge in [-0.25, -0.2) is 8.42 Å². The molecule has 160 valence electrons. The van der Waals surface area contributed by atoms with Crippen LogP contribution in [0.2, 0.25) is 0 Å². The van der Waals surface area contributed by atoms with Gasteiger partial charge in [0.1, 0.15) is 23.0 Å². The topological polar surface area (TPSA) is 88.8 Å². The molecule has 0 fully saturated rings. The van der Waals surface area contributed by atoms with Crippen molar-refractivity contribution in [3.8, 4) is 5.75 Å². The molecule has 0 radical (unpaired) electrons. The second-order valence-corrected chi connectivity index (χ2v) is 9.09. The number of furan rings is 1. The molecule has 7 nitrogen and oxygen atoms in total. The van der Waals surface area contributed by atoms with E-state index in [1.54, 1.807) is 43.3 Å². The lowest BCUT2D eigenvalue weighted by molar-refractivity contribution is -0.116. The van der Waals surface area contributed by atoms with Gasteiger partial charge in [-0.2, -0.15) is 0 Å². The minimum Gasteiger partial charge on any atom is -0.497 e. The molecule has 0 aliphatic carbocycles. The largest absolute Gasteiger partial charge is 0.497 e. The van der Waals surface area contributed by atoms with E-state index in [0.717, 1.165) is 26.9 Å². The molecule has 1 aromatic heterocycles. The zero-order valence-corrected chi connectivity index (χ0v) is 18.1. The number of hydrogen-bond donors (Lipinski definition) is 1. The number of hydrogen-bond acceptors (Lipinski definition) is 5. The van der Waals surface area contributed by atoms with E-state index in [2.05, 4.69) is 5.32 Å². The predicted molar refractivity (Wildman–Crippen MR) is 122 cm³/mol. The van der Waals surface area contributed by atoms with Gasteiger partial charge < -0.3 is 14.5 Å². The van der Waals surface area contributed by atoms with Crippen LogP contribution in [0.3, 0.4) is 0 Å². The van der Waals surface area contributed by atoms with Crippen LogP contribution in [0.25, 0.3) is 21.9 Å². The number of amides is 1. The van der Waals surface area contributed by atoms with Gasteiger partial charge >= 0.3 is 0 Å². The van der Waals surface area contributed by atoms with Gasteiger partial charge in [0, 0.05) is 22.5 Å². The Morgan fingerprint density at radius 1 is 1.00 bits per heavy atom. The summed E-state index contributed by atoms with van der Waals surface area (Å²) in [5.74, 6) is 0.130. The Bertz CT molecular complexity index is 1360. The van der Waals surface area contributed by atoms with Crippen molar-refractivity contribution in [3.05, 3.63) is 66.7 Å². The maximum atomic E-state index is 12.9. The van der Waals surface area contributed by atoms with Gasteiger partial charge in [0.2, 0.25) is 15.9 Å².